The van der Waals surface area contributed by atoms with E-state index in [1.807, 2.05) is 0 Å². The number of nitrogens with two attached hydrogens (primary N) is 1. The van der Waals surface area contributed by atoms with Crippen molar-refractivity contribution in [2.24, 2.45) is 10.7 Å². The number of aliphatic imine (C=N–C) groups is 1. The first kappa shape index (κ1) is 11.5. The van der Waals surface area contributed by atoms with E-state index in [4.69, 9.17) is 5.73 Å². The molecular weight excluding hydrogens is 266 g/mol. The minimum absolute atomic E-state index is 0.303. The molecule has 3 nitrogen and oxygen atoms in total. The van der Waals surface area contributed by atoms with Gasteiger partial charge in [-0.05, 0) is 31.0 Å². The van der Waals surface area contributed by atoms with Crippen LogP contribution >= 0.6 is 15.9 Å². The first-order chi connectivity index (χ1) is 7.63. The second kappa shape index (κ2) is 4.45. The Morgan fingerprint density at radius 3 is 2.94 bits per heavy atom. The van der Waals surface area contributed by atoms with E-state index in [2.05, 4.69) is 57.9 Å². The summed E-state index contributed by atoms with van der Waals surface area (Å²) in [5.41, 5.74) is 8.38. The number of benzene rings is 1. The number of rotatable bonds is 2. The van der Waals surface area contributed by atoms with Gasteiger partial charge in [0.05, 0.1) is 12.6 Å². The molecule has 1 aliphatic heterocycles. The van der Waals surface area contributed by atoms with Gasteiger partial charge in [0.1, 0.15) is 0 Å². The zero-order valence-corrected chi connectivity index (χ0v) is 11.2. The molecule has 2 N–H and O–H groups in total. The number of likely N-dealkylation sites (N-methyl/N-ethyl adjacent to an activating group) is 1. The molecule has 1 aromatic rings. The average molecular weight is 282 g/mol. The van der Waals surface area contributed by atoms with Gasteiger partial charge in [-0.2, -0.15) is 0 Å². The number of guanidine groups is 1. The summed E-state index contributed by atoms with van der Waals surface area (Å²) >= 11 is 3.52. The largest absolute Gasteiger partial charge is 0.370 e. The lowest BCUT2D eigenvalue weighted by Gasteiger charge is -2.25. The van der Waals surface area contributed by atoms with Crippen molar-refractivity contribution in [3.8, 4) is 0 Å². The van der Waals surface area contributed by atoms with Crippen molar-refractivity contribution >= 4 is 21.9 Å². The van der Waals surface area contributed by atoms with Gasteiger partial charge in [-0.3, -0.25) is 4.99 Å². The van der Waals surface area contributed by atoms with Crippen molar-refractivity contribution in [2.45, 2.75) is 19.9 Å². The summed E-state index contributed by atoms with van der Waals surface area (Å²) in [5.74, 6) is 0.660. The smallest absolute Gasteiger partial charge is 0.191 e. The summed E-state index contributed by atoms with van der Waals surface area (Å²) in [7, 11) is 0. The third-order valence-electron chi connectivity index (χ3n) is 3.00. The molecule has 0 fully saturated rings. The Kier molecular flexibility index (Phi) is 3.19. The molecular formula is C12H16BrN3. The van der Waals surface area contributed by atoms with Gasteiger partial charge >= 0.3 is 0 Å². The monoisotopic (exact) mass is 281 g/mol. The summed E-state index contributed by atoms with van der Waals surface area (Å²) in [6, 6.07) is 6.73. The van der Waals surface area contributed by atoms with Crippen LogP contribution in [-0.2, 0) is 0 Å². The molecule has 0 saturated carbocycles. The molecule has 0 saturated heterocycles. The topological polar surface area (TPSA) is 41.6 Å². The van der Waals surface area contributed by atoms with Crippen LogP contribution in [0.25, 0.3) is 0 Å². The predicted molar refractivity (Wildman–Crippen MR) is 70.5 cm³/mol. The first-order valence-electron chi connectivity index (χ1n) is 5.46. The second-order valence-electron chi connectivity index (χ2n) is 4.01. The molecule has 16 heavy (non-hydrogen) atoms. The van der Waals surface area contributed by atoms with Gasteiger partial charge in [-0.1, -0.05) is 28.1 Å². The highest BCUT2D eigenvalue weighted by Gasteiger charge is 2.25. The Hall–Kier alpha value is -1.03. The van der Waals surface area contributed by atoms with E-state index >= 15 is 0 Å². The molecule has 0 bridgehead atoms. The zero-order chi connectivity index (χ0) is 11.7. The van der Waals surface area contributed by atoms with E-state index in [1.165, 1.54) is 11.1 Å². The highest BCUT2D eigenvalue weighted by Crippen LogP contribution is 2.28. The Morgan fingerprint density at radius 1 is 1.56 bits per heavy atom. The standard InChI is InChI=1S/C12H16BrN3/c1-3-16-11(7-15-12(16)14)9-4-5-10(13)8(2)6-9/h4-6,11H,3,7H2,1-2H3,(H2,14,15). The van der Waals surface area contributed by atoms with E-state index in [-0.39, 0.29) is 0 Å². The van der Waals surface area contributed by atoms with E-state index < -0.39 is 0 Å². The second-order valence-corrected chi connectivity index (χ2v) is 4.86. The van der Waals surface area contributed by atoms with Crippen LogP contribution in [-0.4, -0.2) is 23.9 Å². The number of hydrogen-bond acceptors (Lipinski definition) is 3. The van der Waals surface area contributed by atoms with E-state index in [1.54, 1.807) is 0 Å². The minimum atomic E-state index is 0.303. The number of aryl methyl sites for hydroxylation is 1. The maximum absolute atomic E-state index is 5.85. The van der Waals surface area contributed by atoms with Crippen molar-refractivity contribution < 1.29 is 0 Å². The molecule has 1 heterocycles. The van der Waals surface area contributed by atoms with Crippen molar-refractivity contribution in [3.63, 3.8) is 0 Å². The Morgan fingerprint density at radius 2 is 2.31 bits per heavy atom. The summed E-state index contributed by atoms with van der Waals surface area (Å²) in [6.07, 6.45) is 0. The summed E-state index contributed by atoms with van der Waals surface area (Å²) < 4.78 is 1.14. The lowest BCUT2D eigenvalue weighted by molar-refractivity contribution is 0.364. The third-order valence-corrected chi connectivity index (χ3v) is 3.89. The fourth-order valence-corrected chi connectivity index (χ4v) is 2.32. The summed E-state index contributed by atoms with van der Waals surface area (Å²) in [6.45, 7) is 5.87. The van der Waals surface area contributed by atoms with Crippen LogP contribution < -0.4 is 5.73 Å². The number of hydrogen-bond donors (Lipinski definition) is 1. The summed E-state index contributed by atoms with van der Waals surface area (Å²) in [5, 5.41) is 0. The van der Waals surface area contributed by atoms with Crippen molar-refractivity contribution in [3.05, 3.63) is 33.8 Å². The lowest BCUT2D eigenvalue weighted by atomic mass is 10.0. The molecule has 0 amide bonds. The molecule has 1 aliphatic rings. The quantitative estimate of drug-likeness (QED) is 0.905. The van der Waals surface area contributed by atoms with Crippen LogP contribution in [0.4, 0.5) is 0 Å². The molecule has 0 aromatic heterocycles. The van der Waals surface area contributed by atoms with Gasteiger partial charge in [0, 0.05) is 11.0 Å². The van der Waals surface area contributed by atoms with Crippen LogP contribution in [0.15, 0.2) is 27.7 Å². The molecule has 0 spiro atoms. The van der Waals surface area contributed by atoms with E-state index in [9.17, 15) is 0 Å². The van der Waals surface area contributed by atoms with Crippen LogP contribution in [0.2, 0.25) is 0 Å². The Labute approximate surface area is 104 Å². The maximum Gasteiger partial charge on any atom is 0.191 e. The molecule has 1 aromatic carbocycles. The van der Waals surface area contributed by atoms with Gasteiger partial charge in [-0.15, -0.1) is 0 Å². The highest BCUT2D eigenvalue weighted by atomic mass is 79.9. The van der Waals surface area contributed by atoms with Gasteiger partial charge in [0.25, 0.3) is 0 Å². The highest BCUT2D eigenvalue weighted by molar-refractivity contribution is 9.10. The van der Waals surface area contributed by atoms with Crippen LogP contribution in [0.1, 0.15) is 24.1 Å². The number of halogens is 1. The summed E-state index contributed by atoms with van der Waals surface area (Å²) in [4.78, 5) is 6.45. The van der Waals surface area contributed by atoms with Crippen LogP contribution in [0.3, 0.4) is 0 Å². The SMILES string of the molecule is CCN1C(N)=NCC1c1ccc(Br)c(C)c1. The van der Waals surface area contributed by atoms with E-state index in [0.29, 0.717) is 12.0 Å². The molecule has 1 unspecified atom stereocenters. The molecule has 2 rings (SSSR count). The van der Waals surface area contributed by atoms with Crippen molar-refractivity contribution in [1.29, 1.82) is 0 Å². The molecule has 0 aliphatic carbocycles. The maximum atomic E-state index is 5.85. The zero-order valence-electron chi connectivity index (χ0n) is 9.57. The van der Waals surface area contributed by atoms with Gasteiger partial charge in [0.15, 0.2) is 5.96 Å². The van der Waals surface area contributed by atoms with Crippen molar-refractivity contribution in [2.75, 3.05) is 13.1 Å². The lowest BCUT2D eigenvalue weighted by Crippen LogP contribution is -2.35. The van der Waals surface area contributed by atoms with Crippen LogP contribution in [0, 0.1) is 6.92 Å². The molecule has 1 atom stereocenters. The molecule has 86 valence electrons. The van der Waals surface area contributed by atoms with Gasteiger partial charge < -0.3 is 10.6 Å². The normalized spacial score (nSPS) is 20.1. The third kappa shape index (κ3) is 1.94. The Bertz CT molecular complexity index is 428. The Balaban J connectivity index is 2.28. The van der Waals surface area contributed by atoms with Crippen molar-refractivity contribution in [1.82, 2.24) is 4.90 Å². The van der Waals surface area contributed by atoms with Gasteiger partial charge in [-0.25, -0.2) is 0 Å². The fraction of sp³-hybridized carbons (Fsp3) is 0.417. The van der Waals surface area contributed by atoms with Crippen LogP contribution in [0.5, 0.6) is 0 Å². The van der Waals surface area contributed by atoms with E-state index in [0.717, 1.165) is 17.6 Å². The number of nitrogens with zero attached hydrogens (tertiary/aromatic N) is 2. The molecule has 0 radical (unpaired) electrons. The fourth-order valence-electron chi connectivity index (χ4n) is 2.07. The van der Waals surface area contributed by atoms with Gasteiger partial charge in [0.2, 0.25) is 0 Å². The average Bonchev–Trinajstić information content (AvgIpc) is 2.63. The predicted octanol–water partition coefficient (Wildman–Crippen LogP) is 2.45. The minimum Gasteiger partial charge on any atom is -0.370 e. The molecule has 4 heteroatoms. The first-order valence-corrected chi connectivity index (χ1v) is 6.25.